The van der Waals surface area contributed by atoms with Gasteiger partial charge in [0.25, 0.3) is 0 Å². The van der Waals surface area contributed by atoms with E-state index in [4.69, 9.17) is 23.2 Å². The second kappa shape index (κ2) is 4.38. The van der Waals surface area contributed by atoms with Crippen molar-refractivity contribution in [2.75, 3.05) is 0 Å². The third-order valence-electron chi connectivity index (χ3n) is 3.43. The Kier molecular flexibility index (Phi) is 3.27. The van der Waals surface area contributed by atoms with Gasteiger partial charge in [-0.15, -0.1) is 0 Å². The number of carbonyl (C=O) groups is 1. The van der Waals surface area contributed by atoms with Crippen LogP contribution in [0.15, 0.2) is 18.2 Å². The minimum atomic E-state index is -0.242. The molecule has 1 aromatic carbocycles. The summed E-state index contributed by atoms with van der Waals surface area (Å²) in [4.78, 5) is 12.4. The van der Waals surface area contributed by atoms with Crippen LogP contribution in [0, 0.1) is 5.41 Å². The summed E-state index contributed by atoms with van der Waals surface area (Å²) in [6.45, 7) is 2.03. The smallest absolute Gasteiger partial charge is 0.170 e. The third-order valence-corrected chi connectivity index (χ3v) is 3.99. The molecule has 1 fully saturated rings. The van der Waals surface area contributed by atoms with E-state index in [2.05, 4.69) is 0 Å². The van der Waals surface area contributed by atoms with E-state index in [0.29, 0.717) is 15.6 Å². The fourth-order valence-electron chi connectivity index (χ4n) is 2.38. The highest BCUT2D eigenvalue weighted by Gasteiger charge is 2.37. The first kappa shape index (κ1) is 11.9. The van der Waals surface area contributed by atoms with Crippen molar-refractivity contribution in [3.8, 4) is 0 Å². The van der Waals surface area contributed by atoms with Crippen molar-refractivity contribution >= 4 is 29.0 Å². The Bertz CT molecular complexity index is 420. The zero-order valence-electron chi connectivity index (χ0n) is 9.22. The largest absolute Gasteiger partial charge is 0.294 e. The molecule has 3 heteroatoms. The van der Waals surface area contributed by atoms with E-state index in [1.165, 1.54) is 0 Å². The summed E-state index contributed by atoms with van der Waals surface area (Å²) in [5.74, 6) is 0.137. The molecule has 1 nitrogen and oxygen atoms in total. The summed E-state index contributed by atoms with van der Waals surface area (Å²) >= 11 is 12.0. The van der Waals surface area contributed by atoms with Gasteiger partial charge in [-0.1, -0.05) is 43.0 Å². The Morgan fingerprint density at radius 2 is 1.88 bits per heavy atom. The highest BCUT2D eigenvalue weighted by atomic mass is 35.5. The van der Waals surface area contributed by atoms with Crippen molar-refractivity contribution in [2.24, 2.45) is 5.41 Å². The Labute approximate surface area is 106 Å². The molecule has 1 aromatic rings. The van der Waals surface area contributed by atoms with Crippen molar-refractivity contribution < 1.29 is 4.79 Å². The number of carbonyl (C=O) groups excluding carboxylic acids is 1. The summed E-state index contributed by atoms with van der Waals surface area (Å²) in [5, 5.41) is 1.07. The molecule has 0 bridgehead atoms. The topological polar surface area (TPSA) is 17.1 Å². The molecule has 2 rings (SSSR count). The van der Waals surface area contributed by atoms with E-state index in [0.717, 1.165) is 25.7 Å². The van der Waals surface area contributed by atoms with Gasteiger partial charge < -0.3 is 0 Å². The van der Waals surface area contributed by atoms with Gasteiger partial charge in [0, 0.05) is 16.0 Å². The zero-order valence-corrected chi connectivity index (χ0v) is 10.7. The van der Waals surface area contributed by atoms with Crippen LogP contribution in [-0.2, 0) is 0 Å². The van der Waals surface area contributed by atoms with Gasteiger partial charge in [0.15, 0.2) is 5.78 Å². The van der Waals surface area contributed by atoms with Gasteiger partial charge in [0.2, 0.25) is 0 Å². The third kappa shape index (κ3) is 2.11. The Morgan fingerprint density at radius 1 is 1.25 bits per heavy atom. The van der Waals surface area contributed by atoms with Crippen molar-refractivity contribution in [1.29, 1.82) is 0 Å². The van der Waals surface area contributed by atoms with E-state index in [1.807, 2.05) is 6.92 Å². The molecule has 0 atom stereocenters. The molecule has 0 N–H and O–H groups in total. The first-order chi connectivity index (χ1) is 7.53. The van der Waals surface area contributed by atoms with Crippen LogP contribution >= 0.6 is 23.2 Å². The number of ketones is 1. The minimum absolute atomic E-state index is 0.137. The highest BCUT2D eigenvalue weighted by molar-refractivity contribution is 6.36. The molecule has 0 unspecified atom stereocenters. The molecule has 0 spiro atoms. The van der Waals surface area contributed by atoms with E-state index < -0.39 is 0 Å². The van der Waals surface area contributed by atoms with E-state index in [-0.39, 0.29) is 11.2 Å². The molecule has 1 aliphatic rings. The molecule has 1 saturated carbocycles. The average Bonchev–Trinajstić information content (AvgIpc) is 2.69. The molecule has 0 saturated heterocycles. The quantitative estimate of drug-likeness (QED) is 0.698. The number of Topliss-reactive ketones (excluding diaryl/α,β-unsaturated/α-hetero) is 1. The van der Waals surface area contributed by atoms with Crippen LogP contribution in [0.1, 0.15) is 43.0 Å². The normalized spacial score (nSPS) is 18.7. The average molecular weight is 257 g/mol. The highest BCUT2D eigenvalue weighted by Crippen LogP contribution is 2.41. The van der Waals surface area contributed by atoms with E-state index in [9.17, 15) is 4.79 Å². The van der Waals surface area contributed by atoms with Gasteiger partial charge in [-0.3, -0.25) is 4.79 Å². The lowest BCUT2D eigenvalue weighted by atomic mass is 9.81. The molecule has 0 amide bonds. The second-order valence-corrected chi connectivity index (χ2v) is 5.56. The first-order valence-corrected chi connectivity index (χ1v) is 6.28. The Hall–Kier alpha value is -0.530. The first-order valence-electron chi connectivity index (χ1n) is 5.53. The molecular formula is C13H14Cl2O. The summed E-state index contributed by atoms with van der Waals surface area (Å²) in [6.07, 6.45) is 4.16. The maximum atomic E-state index is 12.4. The Morgan fingerprint density at radius 3 is 2.50 bits per heavy atom. The standard InChI is InChI=1S/C13H14Cl2O/c1-13(6-2-3-7-13)12(16)10-8-9(14)4-5-11(10)15/h4-5,8H,2-3,6-7H2,1H3. The maximum Gasteiger partial charge on any atom is 0.170 e. The number of hydrogen-bond donors (Lipinski definition) is 0. The second-order valence-electron chi connectivity index (χ2n) is 4.72. The van der Waals surface area contributed by atoms with Crippen molar-refractivity contribution in [3.05, 3.63) is 33.8 Å². The number of rotatable bonds is 2. The summed E-state index contributed by atoms with van der Waals surface area (Å²) in [7, 11) is 0. The van der Waals surface area contributed by atoms with Crippen LogP contribution < -0.4 is 0 Å². The van der Waals surface area contributed by atoms with Gasteiger partial charge in [0.05, 0.1) is 5.02 Å². The van der Waals surface area contributed by atoms with Crippen LogP contribution in [0.25, 0.3) is 0 Å². The van der Waals surface area contributed by atoms with Crippen LogP contribution in [0.5, 0.6) is 0 Å². The fourth-order valence-corrected chi connectivity index (χ4v) is 2.75. The summed E-state index contributed by atoms with van der Waals surface area (Å²) in [5.41, 5.74) is 0.326. The number of halogens is 2. The van der Waals surface area contributed by atoms with Gasteiger partial charge in [-0.05, 0) is 31.0 Å². The Balaban J connectivity index is 2.36. The van der Waals surface area contributed by atoms with E-state index in [1.54, 1.807) is 18.2 Å². The lowest BCUT2D eigenvalue weighted by Crippen LogP contribution is -2.24. The van der Waals surface area contributed by atoms with Gasteiger partial charge in [-0.2, -0.15) is 0 Å². The fraction of sp³-hybridized carbons (Fsp3) is 0.462. The minimum Gasteiger partial charge on any atom is -0.294 e. The molecule has 0 heterocycles. The molecule has 0 radical (unpaired) electrons. The molecule has 86 valence electrons. The van der Waals surface area contributed by atoms with E-state index >= 15 is 0 Å². The lowest BCUT2D eigenvalue weighted by Gasteiger charge is -2.22. The van der Waals surface area contributed by atoms with Gasteiger partial charge in [0.1, 0.15) is 0 Å². The predicted molar refractivity (Wildman–Crippen MR) is 67.4 cm³/mol. The predicted octanol–water partition coefficient (Wildman–Crippen LogP) is 4.76. The number of hydrogen-bond acceptors (Lipinski definition) is 1. The summed E-state index contributed by atoms with van der Waals surface area (Å²) in [6, 6.07) is 5.07. The maximum absolute atomic E-state index is 12.4. The van der Waals surface area contributed by atoms with Crippen LogP contribution in [-0.4, -0.2) is 5.78 Å². The van der Waals surface area contributed by atoms with Crippen LogP contribution in [0.3, 0.4) is 0 Å². The number of benzene rings is 1. The molecule has 0 aromatic heterocycles. The summed E-state index contributed by atoms with van der Waals surface area (Å²) < 4.78 is 0. The van der Waals surface area contributed by atoms with Gasteiger partial charge in [-0.25, -0.2) is 0 Å². The van der Waals surface area contributed by atoms with Crippen molar-refractivity contribution in [1.82, 2.24) is 0 Å². The monoisotopic (exact) mass is 256 g/mol. The van der Waals surface area contributed by atoms with Gasteiger partial charge >= 0.3 is 0 Å². The van der Waals surface area contributed by atoms with Crippen LogP contribution in [0.2, 0.25) is 10.0 Å². The zero-order chi connectivity index (χ0) is 11.8. The lowest BCUT2D eigenvalue weighted by molar-refractivity contribution is 0.0823. The molecular weight excluding hydrogens is 243 g/mol. The van der Waals surface area contributed by atoms with Crippen molar-refractivity contribution in [2.45, 2.75) is 32.6 Å². The molecule has 0 aliphatic heterocycles. The molecule has 1 aliphatic carbocycles. The van der Waals surface area contributed by atoms with Crippen LogP contribution in [0.4, 0.5) is 0 Å². The molecule has 16 heavy (non-hydrogen) atoms. The SMILES string of the molecule is CC1(C(=O)c2cc(Cl)ccc2Cl)CCCC1. The van der Waals surface area contributed by atoms with Crippen molar-refractivity contribution in [3.63, 3.8) is 0 Å².